The standard InChI is InChI=1S/C25H21ClF4N4O3/c1-13-6-21(34-10-16(28)9-31-34)17-4-3-5-22(24(17)32-13)36-11-19-18(7-15(27)8-20(19)26)14(2)33-23(35)12-37-25(29)30/h3-10,14,25H,11-12H2,1-2H3,(H,33,35)/t14-/m0/s1. The van der Waals surface area contributed by atoms with Crippen molar-refractivity contribution < 1.29 is 31.8 Å². The Morgan fingerprint density at radius 2 is 1.97 bits per heavy atom. The first-order valence-electron chi connectivity index (χ1n) is 11.0. The van der Waals surface area contributed by atoms with Gasteiger partial charge in [-0.25, -0.2) is 18.4 Å². The van der Waals surface area contributed by atoms with E-state index >= 15 is 0 Å². The van der Waals surface area contributed by atoms with Crippen LogP contribution in [0.25, 0.3) is 16.6 Å². The van der Waals surface area contributed by atoms with Crippen molar-refractivity contribution in [1.29, 1.82) is 0 Å². The fourth-order valence-corrected chi connectivity index (χ4v) is 4.15. The smallest absolute Gasteiger partial charge is 0.345 e. The van der Waals surface area contributed by atoms with E-state index in [1.165, 1.54) is 16.9 Å². The summed E-state index contributed by atoms with van der Waals surface area (Å²) in [5.41, 5.74) is 2.40. The Labute approximate surface area is 214 Å². The van der Waals surface area contributed by atoms with Crippen molar-refractivity contribution in [3.05, 3.63) is 82.3 Å². The zero-order chi connectivity index (χ0) is 26.7. The molecule has 0 spiro atoms. The molecule has 2 aromatic heterocycles. The minimum absolute atomic E-state index is 0.0528. The molecule has 0 unspecified atom stereocenters. The van der Waals surface area contributed by atoms with Crippen molar-refractivity contribution in [2.24, 2.45) is 0 Å². The van der Waals surface area contributed by atoms with Crippen LogP contribution in [0.15, 0.2) is 48.8 Å². The number of hydrogen-bond acceptors (Lipinski definition) is 5. The summed E-state index contributed by atoms with van der Waals surface area (Å²) in [7, 11) is 0. The van der Waals surface area contributed by atoms with Gasteiger partial charge in [-0.05, 0) is 43.7 Å². The van der Waals surface area contributed by atoms with Gasteiger partial charge in [-0.1, -0.05) is 23.7 Å². The van der Waals surface area contributed by atoms with E-state index in [2.05, 4.69) is 20.1 Å². The summed E-state index contributed by atoms with van der Waals surface area (Å²) in [6.45, 7) is -0.758. The SMILES string of the molecule is Cc1cc(-n2cc(F)cn2)c2cccc(OCc3c(Cl)cc(F)cc3[C@H](C)NC(=O)COC(F)F)c2n1. The number of fused-ring (bicyclic) bond motifs is 1. The summed E-state index contributed by atoms with van der Waals surface area (Å²) >= 11 is 6.32. The number of alkyl halides is 2. The largest absolute Gasteiger partial charge is 0.487 e. The van der Waals surface area contributed by atoms with Crippen molar-refractivity contribution in [2.75, 3.05) is 6.61 Å². The van der Waals surface area contributed by atoms with Gasteiger partial charge in [0.05, 0.1) is 29.1 Å². The predicted molar refractivity (Wildman–Crippen MR) is 128 cm³/mol. The number of hydrogen-bond donors (Lipinski definition) is 1. The van der Waals surface area contributed by atoms with Gasteiger partial charge in [-0.15, -0.1) is 0 Å². The van der Waals surface area contributed by atoms with Crippen LogP contribution in [0.2, 0.25) is 5.02 Å². The fourth-order valence-electron chi connectivity index (χ4n) is 3.88. The molecule has 1 N–H and O–H groups in total. The van der Waals surface area contributed by atoms with E-state index in [9.17, 15) is 22.4 Å². The molecule has 0 aliphatic carbocycles. The molecule has 4 aromatic rings. The van der Waals surface area contributed by atoms with Crippen LogP contribution in [0, 0.1) is 18.6 Å². The molecule has 0 fully saturated rings. The van der Waals surface area contributed by atoms with Gasteiger partial charge in [0, 0.05) is 16.6 Å². The number of carbonyl (C=O) groups excluding carboxylic acids is 1. The van der Waals surface area contributed by atoms with E-state index in [4.69, 9.17) is 16.3 Å². The van der Waals surface area contributed by atoms with Crippen molar-refractivity contribution >= 4 is 28.4 Å². The number of pyridine rings is 1. The number of amides is 1. The number of rotatable bonds is 9. The van der Waals surface area contributed by atoms with Gasteiger partial charge >= 0.3 is 6.61 Å². The molecule has 0 aliphatic rings. The summed E-state index contributed by atoms with van der Waals surface area (Å²) in [6.07, 6.45) is 2.34. The zero-order valence-electron chi connectivity index (χ0n) is 19.6. The van der Waals surface area contributed by atoms with Crippen LogP contribution in [0.3, 0.4) is 0 Å². The first kappa shape index (κ1) is 26.4. The molecule has 0 aliphatic heterocycles. The van der Waals surface area contributed by atoms with Crippen molar-refractivity contribution in [1.82, 2.24) is 20.1 Å². The van der Waals surface area contributed by atoms with Crippen LogP contribution >= 0.6 is 11.6 Å². The van der Waals surface area contributed by atoms with Gasteiger partial charge in [0.1, 0.15) is 30.3 Å². The average Bonchev–Trinajstić information content (AvgIpc) is 3.27. The highest BCUT2D eigenvalue weighted by molar-refractivity contribution is 6.31. The highest BCUT2D eigenvalue weighted by atomic mass is 35.5. The molecule has 0 saturated carbocycles. The topological polar surface area (TPSA) is 78.3 Å². The lowest BCUT2D eigenvalue weighted by Crippen LogP contribution is -2.31. The van der Waals surface area contributed by atoms with E-state index in [0.717, 1.165) is 12.3 Å². The maximum absolute atomic E-state index is 14.2. The number of para-hydroxylation sites is 1. The third-order valence-electron chi connectivity index (χ3n) is 5.46. The molecule has 7 nitrogen and oxygen atoms in total. The van der Waals surface area contributed by atoms with Crippen LogP contribution in [-0.2, 0) is 16.1 Å². The highest BCUT2D eigenvalue weighted by Crippen LogP contribution is 2.32. The second-order valence-corrected chi connectivity index (χ2v) is 8.55. The van der Waals surface area contributed by atoms with Gasteiger partial charge in [-0.3, -0.25) is 4.79 Å². The Bertz CT molecular complexity index is 1450. The van der Waals surface area contributed by atoms with E-state index < -0.39 is 36.8 Å². The van der Waals surface area contributed by atoms with E-state index in [0.29, 0.717) is 39.2 Å². The lowest BCUT2D eigenvalue weighted by molar-refractivity contribution is -0.152. The molecule has 1 amide bonds. The number of ether oxygens (including phenoxy) is 2. The minimum Gasteiger partial charge on any atom is -0.487 e. The zero-order valence-corrected chi connectivity index (χ0v) is 20.4. The van der Waals surface area contributed by atoms with Crippen LogP contribution in [-0.4, -0.2) is 33.9 Å². The lowest BCUT2D eigenvalue weighted by Gasteiger charge is -2.20. The number of nitrogens with zero attached hydrogens (tertiary/aromatic N) is 3. The molecule has 12 heteroatoms. The van der Waals surface area contributed by atoms with Crippen molar-refractivity contribution in [2.45, 2.75) is 33.1 Å². The molecule has 0 radical (unpaired) electrons. The molecule has 0 bridgehead atoms. The van der Waals surface area contributed by atoms with Gasteiger partial charge < -0.3 is 14.8 Å². The molecule has 4 rings (SSSR count). The number of aromatic nitrogens is 3. The first-order valence-corrected chi connectivity index (χ1v) is 11.4. The fraction of sp³-hybridized carbons (Fsp3) is 0.240. The first-order chi connectivity index (χ1) is 17.6. The summed E-state index contributed by atoms with van der Waals surface area (Å²) in [6, 6.07) is 8.46. The average molecular weight is 537 g/mol. The van der Waals surface area contributed by atoms with Gasteiger partial charge in [0.15, 0.2) is 5.82 Å². The van der Waals surface area contributed by atoms with Crippen LogP contribution < -0.4 is 10.1 Å². The number of carbonyl (C=O) groups is 1. The summed E-state index contributed by atoms with van der Waals surface area (Å²) in [5.74, 6) is -1.57. The molecule has 1 atom stereocenters. The maximum Gasteiger partial charge on any atom is 0.345 e. The molecule has 2 aromatic carbocycles. The molecule has 0 saturated heterocycles. The third kappa shape index (κ3) is 6.17. The van der Waals surface area contributed by atoms with Crippen LogP contribution in [0.4, 0.5) is 17.6 Å². The second kappa shape index (κ2) is 11.1. The normalized spacial score (nSPS) is 12.2. The molecule has 37 heavy (non-hydrogen) atoms. The number of nitrogens with one attached hydrogen (secondary N) is 1. The Morgan fingerprint density at radius 3 is 2.68 bits per heavy atom. The Hall–Kier alpha value is -3.70. The summed E-state index contributed by atoms with van der Waals surface area (Å²) in [4.78, 5) is 16.5. The highest BCUT2D eigenvalue weighted by Gasteiger charge is 2.20. The quantitative estimate of drug-likeness (QED) is 0.279. The van der Waals surface area contributed by atoms with Crippen LogP contribution in [0.5, 0.6) is 5.75 Å². The van der Waals surface area contributed by atoms with E-state index in [1.807, 2.05) is 0 Å². The van der Waals surface area contributed by atoms with E-state index in [1.54, 1.807) is 38.1 Å². The third-order valence-corrected chi connectivity index (χ3v) is 5.80. The Balaban J connectivity index is 1.63. The summed E-state index contributed by atoms with van der Waals surface area (Å²) < 4.78 is 63.7. The van der Waals surface area contributed by atoms with Crippen molar-refractivity contribution in [3.63, 3.8) is 0 Å². The van der Waals surface area contributed by atoms with Gasteiger partial charge in [0.2, 0.25) is 5.91 Å². The molecular weight excluding hydrogens is 516 g/mol. The minimum atomic E-state index is -3.10. The van der Waals surface area contributed by atoms with E-state index in [-0.39, 0.29) is 11.6 Å². The molecule has 2 heterocycles. The predicted octanol–water partition coefficient (Wildman–Crippen LogP) is 5.66. The summed E-state index contributed by atoms with van der Waals surface area (Å²) in [5, 5.41) is 7.21. The Kier molecular flexibility index (Phi) is 7.94. The number of halogens is 5. The van der Waals surface area contributed by atoms with Crippen molar-refractivity contribution in [3.8, 4) is 11.4 Å². The lowest BCUT2D eigenvalue weighted by atomic mass is 10.0. The number of aryl methyl sites for hydroxylation is 1. The van der Waals surface area contributed by atoms with Crippen LogP contribution in [0.1, 0.15) is 29.8 Å². The monoisotopic (exact) mass is 536 g/mol. The van der Waals surface area contributed by atoms with Gasteiger partial charge in [0.25, 0.3) is 0 Å². The second-order valence-electron chi connectivity index (χ2n) is 8.14. The molecular formula is C25H21ClF4N4O3. The maximum atomic E-state index is 14.2. The number of benzene rings is 2. The Morgan fingerprint density at radius 1 is 1.19 bits per heavy atom. The van der Waals surface area contributed by atoms with Gasteiger partial charge in [-0.2, -0.15) is 13.9 Å². The molecule has 194 valence electrons.